The molecule has 0 radical (unpaired) electrons. The number of carbonyl (C=O) groups is 1. The Morgan fingerprint density at radius 3 is 2.74 bits per heavy atom. The average molecular weight is 490 g/mol. The van der Waals surface area contributed by atoms with Crippen molar-refractivity contribution in [1.82, 2.24) is 25.6 Å². The highest BCUT2D eigenvalue weighted by atomic mass is 32.1. The molecular weight excluding hydrogens is 458 g/mol. The molecule has 1 aromatic carbocycles. The molecule has 0 saturated heterocycles. The van der Waals surface area contributed by atoms with Crippen LogP contribution in [0.5, 0.6) is 0 Å². The Bertz CT molecular complexity index is 1260. The predicted molar refractivity (Wildman–Crippen MR) is 141 cm³/mol. The lowest BCUT2D eigenvalue weighted by atomic mass is 9.86. The van der Waals surface area contributed by atoms with Crippen molar-refractivity contribution >= 4 is 29.3 Å². The monoisotopic (exact) mass is 489 g/mol. The predicted octanol–water partition coefficient (Wildman–Crippen LogP) is 4.83. The standard InChI is InChI=1S/C26H31N7OS/c1-26(2,3)25-29-14-22(35-25)24(34)33-20-7-5-6-16-10-17(8-9-19(16)20)21-11-23(31-15-30-21)32-18(12-27)13-28-4/h8-15,20,27-28H,5-7H2,1-4H3,(H,33,34)(H,30,31,32)/b18-13+,27-12?. The van der Waals surface area contributed by atoms with Crippen molar-refractivity contribution in [1.29, 1.82) is 5.41 Å². The number of fused-ring (bicyclic) bond motifs is 1. The molecule has 8 nitrogen and oxygen atoms in total. The number of nitrogens with one attached hydrogen (secondary N) is 4. The summed E-state index contributed by atoms with van der Waals surface area (Å²) in [5.74, 6) is 0.546. The average Bonchev–Trinajstić information content (AvgIpc) is 3.35. The largest absolute Gasteiger partial charge is 0.392 e. The molecule has 9 heteroatoms. The van der Waals surface area contributed by atoms with Gasteiger partial charge in [-0.1, -0.05) is 32.9 Å². The normalized spacial score (nSPS) is 15.8. The van der Waals surface area contributed by atoms with Crippen LogP contribution < -0.4 is 16.0 Å². The SMILES string of the molecule is CN/C=C(\C=N)Nc1cc(-c2ccc3c(c2)CCCC3NC(=O)c2cnc(C(C)(C)C)s2)ncn1. The molecule has 35 heavy (non-hydrogen) atoms. The molecule has 0 spiro atoms. The second-order valence-corrected chi connectivity index (χ2v) is 10.6. The summed E-state index contributed by atoms with van der Waals surface area (Å²) in [6.45, 7) is 6.31. The molecule has 0 fully saturated rings. The minimum absolute atomic E-state index is 0.0232. The van der Waals surface area contributed by atoms with Crippen molar-refractivity contribution in [3.8, 4) is 11.3 Å². The van der Waals surface area contributed by atoms with Crippen molar-refractivity contribution in [2.75, 3.05) is 12.4 Å². The van der Waals surface area contributed by atoms with Gasteiger partial charge < -0.3 is 21.4 Å². The zero-order valence-electron chi connectivity index (χ0n) is 20.5. The Labute approximate surface area is 209 Å². The minimum atomic E-state index is -0.0718. The summed E-state index contributed by atoms with van der Waals surface area (Å²) in [6.07, 6.45) is 9.00. The maximum Gasteiger partial charge on any atom is 0.263 e. The van der Waals surface area contributed by atoms with E-state index in [0.717, 1.165) is 41.1 Å². The second-order valence-electron chi connectivity index (χ2n) is 9.56. The van der Waals surface area contributed by atoms with Crippen LogP contribution in [0.2, 0.25) is 0 Å². The third-order valence-electron chi connectivity index (χ3n) is 5.82. The van der Waals surface area contributed by atoms with E-state index in [9.17, 15) is 4.79 Å². The van der Waals surface area contributed by atoms with E-state index in [-0.39, 0.29) is 17.4 Å². The third kappa shape index (κ3) is 5.74. The van der Waals surface area contributed by atoms with Gasteiger partial charge in [0.05, 0.1) is 28.6 Å². The number of hydrogen-bond acceptors (Lipinski definition) is 8. The summed E-state index contributed by atoms with van der Waals surface area (Å²) in [7, 11) is 1.78. The van der Waals surface area contributed by atoms with Crippen LogP contribution >= 0.6 is 11.3 Å². The van der Waals surface area contributed by atoms with Crippen LogP contribution in [0.4, 0.5) is 5.82 Å². The van der Waals surface area contributed by atoms with Crippen LogP contribution in [-0.4, -0.2) is 34.1 Å². The molecule has 3 aromatic rings. The molecule has 0 saturated carbocycles. The van der Waals surface area contributed by atoms with Gasteiger partial charge in [-0.15, -0.1) is 11.3 Å². The summed E-state index contributed by atoms with van der Waals surface area (Å²) < 4.78 is 0. The first-order valence-corrected chi connectivity index (χ1v) is 12.5. The highest BCUT2D eigenvalue weighted by molar-refractivity contribution is 7.13. The van der Waals surface area contributed by atoms with Gasteiger partial charge in [0.1, 0.15) is 17.0 Å². The van der Waals surface area contributed by atoms with Gasteiger partial charge in [-0.05, 0) is 36.5 Å². The van der Waals surface area contributed by atoms with Crippen molar-refractivity contribution in [2.24, 2.45) is 0 Å². The maximum absolute atomic E-state index is 13.0. The fraction of sp³-hybridized carbons (Fsp3) is 0.346. The lowest BCUT2D eigenvalue weighted by molar-refractivity contribution is 0.0936. The number of aryl methyl sites for hydroxylation is 1. The summed E-state index contributed by atoms with van der Waals surface area (Å²) in [4.78, 5) is 26.8. The number of allylic oxidation sites excluding steroid dienone is 1. The number of aromatic nitrogens is 3. The van der Waals surface area contributed by atoms with E-state index in [0.29, 0.717) is 16.4 Å². The zero-order chi connectivity index (χ0) is 25.0. The van der Waals surface area contributed by atoms with Crippen LogP contribution in [0.1, 0.15) is 65.5 Å². The number of anilines is 1. The highest BCUT2D eigenvalue weighted by Crippen LogP contribution is 2.34. The molecule has 1 atom stereocenters. The fourth-order valence-electron chi connectivity index (χ4n) is 4.08. The zero-order valence-corrected chi connectivity index (χ0v) is 21.3. The van der Waals surface area contributed by atoms with Crippen molar-refractivity contribution in [3.63, 3.8) is 0 Å². The summed E-state index contributed by atoms with van der Waals surface area (Å²) in [5.41, 5.74) is 4.69. The summed E-state index contributed by atoms with van der Waals surface area (Å²) in [5, 5.41) is 17.7. The molecule has 2 aromatic heterocycles. The quantitative estimate of drug-likeness (QED) is 0.354. The van der Waals surface area contributed by atoms with Gasteiger partial charge in [-0.3, -0.25) is 4.79 Å². The first-order valence-electron chi connectivity index (χ1n) is 11.7. The Morgan fingerprint density at radius 2 is 2.03 bits per heavy atom. The summed E-state index contributed by atoms with van der Waals surface area (Å²) >= 11 is 1.46. The molecule has 1 amide bonds. The number of thiazole rings is 1. The van der Waals surface area contributed by atoms with Crippen LogP contribution in [0.25, 0.3) is 11.3 Å². The maximum atomic E-state index is 13.0. The van der Waals surface area contributed by atoms with Crippen LogP contribution in [-0.2, 0) is 11.8 Å². The topological polar surface area (TPSA) is 116 Å². The molecule has 1 aliphatic rings. The Kier molecular flexibility index (Phi) is 7.25. The van der Waals surface area contributed by atoms with Gasteiger partial charge in [0, 0.05) is 36.5 Å². The molecule has 0 bridgehead atoms. The van der Waals surface area contributed by atoms with E-state index in [4.69, 9.17) is 5.41 Å². The number of hydrogen-bond donors (Lipinski definition) is 4. The smallest absolute Gasteiger partial charge is 0.263 e. The van der Waals surface area contributed by atoms with E-state index in [1.807, 2.05) is 12.1 Å². The lowest BCUT2D eigenvalue weighted by Gasteiger charge is -2.26. The van der Waals surface area contributed by atoms with Gasteiger partial charge in [0.15, 0.2) is 0 Å². The van der Waals surface area contributed by atoms with Crippen LogP contribution in [0.3, 0.4) is 0 Å². The van der Waals surface area contributed by atoms with Gasteiger partial charge >= 0.3 is 0 Å². The Morgan fingerprint density at radius 1 is 1.20 bits per heavy atom. The Hall–Kier alpha value is -3.59. The summed E-state index contributed by atoms with van der Waals surface area (Å²) in [6, 6.07) is 8.14. The number of carbonyl (C=O) groups excluding carboxylic acids is 1. The molecule has 1 unspecified atom stereocenters. The van der Waals surface area contributed by atoms with E-state index < -0.39 is 0 Å². The van der Waals surface area contributed by atoms with E-state index in [1.165, 1.54) is 29.4 Å². The highest BCUT2D eigenvalue weighted by Gasteiger charge is 2.25. The number of rotatable bonds is 7. The van der Waals surface area contributed by atoms with Crippen molar-refractivity contribution < 1.29 is 4.79 Å². The molecule has 4 N–H and O–H groups in total. The molecule has 182 valence electrons. The molecular formula is C26H31N7OS. The Balaban J connectivity index is 1.53. The first kappa shape index (κ1) is 24.5. The molecule has 4 rings (SSSR count). The minimum Gasteiger partial charge on any atom is -0.392 e. The van der Waals surface area contributed by atoms with Crippen LogP contribution in [0.15, 0.2) is 48.7 Å². The number of amides is 1. The van der Waals surface area contributed by atoms with Gasteiger partial charge in [-0.2, -0.15) is 0 Å². The van der Waals surface area contributed by atoms with E-state index in [2.05, 4.69) is 63.8 Å². The second kappa shape index (κ2) is 10.4. The number of nitrogens with zero attached hydrogens (tertiary/aromatic N) is 3. The number of benzene rings is 1. The van der Waals surface area contributed by atoms with E-state index >= 15 is 0 Å². The first-order chi connectivity index (χ1) is 16.8. The van der Waals surface area contributed by atoms with Gasteiger partial charge in [0.2, 0.25) is 0 Å². The van der Waals surface area contributed by atoms with Gasteiger partial charge in [0.25, 0.3) is 5.91 Å². The molecule has 2 heterocycles. The molecule has 1 aliphatic carbocycles. The van der Waals surface area contributed by atoms with Crippen molar-refractivity contribution in [3.05, 3.63) is 69.7 Å². The van der Waals surface area contributed by atoms with Crippen molar-refractivity contribution in [2.45, 2.75) is 51.5 Å². The lowest BCUT2D eigenvalue weighted by Crippen LogP contribution is -2.30. The van der Waals surface area contributed by atoms with E-state index in [1.54, 1.807) is 19.4 Å². The molecule has 0 aliphatic heterocycles. The van der Waals surface area contributed by atoms with Crippen LogP contribution in [0, 0.1) is 5.41 Å². The van der Waals surface area contributed by atoms with Gasteiger partial charge in [-0.25, -0.2) is 15.0 Å². The fourth-order valence-corrected chi connectivity index (χ4v) is 4.96. The third-order valence-corrected chi connectivity index (χ3v) is 7.25.